The highest BCUT2D eigenvalue weighted by molar-refractivity contribution is 7.09. The maximum absolute atomic E-state index is 13.3. The Hall–Kier alpha value is -1.26. The van der Waals surface area contributed by atoms with E-state index in [2.05, 4.69) is 23.7 Å². The van der Waals surface area contributed by atoms with E-state index in [9.17, 15) is 8.78 Å². The van der Waals surface area contributed by atoms with Gasteiger partial charge in [0, 0.05) is 10.9 Å². The molecule has 1 nitrogen and oxygen atoms in total. The van der Waals surface area contributed by atoms with Crippen molar-refractivity contribution in [3.63, 3.8) is 0 Å². The lowest BCUT2D eigenvalue weighted by molar-refractivity contribution is 0.493. The molecule has 0 saturated heterocycles. The lowest BCUT2D eigenvalue weighted by atomic mass is 10.0. The summed E-state index contributed by atoms with van der Waals surface area (Å²) in [4.78, 5) is 1.31. The summed E-state index contributed by atoms with van der Waals surface area (Å²) in [6.07, 6.45) is 2.67. The number of thiophene rings is 1. The Morgan fingerprint density at radius 3 is 2.65 bits per heavy atom. The SMILES string of the molecule is CCCNC(Cc1ccc(F)c(F)c1)Cc1cccs1. The predicted molar refractivity (Wildman–Crippen MR) is 80.2 cm³/mol. The lowest BCUT2D eigenvalue weighted by Gasteiger charge is -2.18. The second kappa shape index (κ2) is 7.50. The van der Waals surface area contributed by atoms with E-state index in [1.165, 1.54) is 17.0 Å². The fourth-order valence-electron chi connectivity index (χ4n) is 2.19. The molecule has 0 amide bonds. The van der Waals surface area contributed by atoms with Crippen LogP contribution >= 0.6 is 11.3 Å². The average Bonchev–Trinajstić information content (AvgIpc) is 2.93. The molecule has 0 saturated carbocycles. The first-order chi connectivity index (χ1) is 9.69. The van der Waals surface area contributed by atoms with Crippen molar-refractivity contribution in [3.8, 4) is 0 Å². The van der Waals surface area contributed by atoms with Gasteiger partial charge in [-0.15, -0.1) is 11.3 Å². The molecule has 0 aliphatic rings. The lowest BCUT2D eigenvalue weighted by Crippen LogP contribution is -2.33. The minimum absolute atomic E-state index is 0.249. The van der Waals surface area contributed by atoms with E-state index in [4.69, 9.17) is 0 Å². The first-order valence-electron chi connectivity index (χ1n) is 6.88. The monoisotopic (exact) mass is 295 g/mol. The summed E-state index contributed by atoms with van der Waals surface area (Å²) >= 11 is 1.73. The minimum Gasteiger partial charge on any atom is -0.313 e. The van der Waals surface area contributed by atoms with Crippen molar-refractivity contribution in [1.82, 2.24) is 5.32 Å². The quantitative estimate of drug-likeness (QED) is 0.808. The van der Waals surface area contributed by atoms with Crippen LogP contribution in [-0.2, 0) is 12.8 Å². The van der Waals surface area contributed by atoms with Crippen molar-refractivity contribution < 1.29 is 8.78 Å². The molecular weight excluding hydrogens is 276 g/mol. The molecule has 0 radical (unpaired) electrons. The molecular formula is C16H19F2NS. The molecule has 108 valence electrons. The Morgan fingerprint density at radius 1 is 1.15 bits per heavy atom. The maximum Gasteiger partial charge on any atom is 0.159 e. The van der Waals surface area contributed by atoms with Crippen molar-refractivity contribution >= 4 is 11.3 Å². The Kier molecular flexibility index (Phi) is 5.68. The zero-order chi connectivity index (χ0) is 14.4. The van der Waals surface area contributed by atoms with Crippen LogP contribution in [0.1, 0.15) is 23.8 Å². The molecule has 4 heteroatoms. The van der Waals surface area contributed by atoms with Crippen LogP contribution in [0, 0.1) is 11.6 Å². The van der Waals surface area contributed by atoms with E-state index >= 15 is 0 Å². The molecule has 1 N–H and O–H groups in total. The highest BCUT2D eigenvalue weighted by Crippen LogP contribution is 2.15. The van der Waals surface area contributed by atoms with E-state index in [-0.39, 0.29) is 6.04 Å². The summed E-state index contributed by atoms with van der Waals surface area (Å²) in [7, 11) is 0. The van der Waals surface area contributed by atoms with Gasteiger partial charge in [-0.2, -0.15) is 0 Å². The molecule has 0 fully saturated rings. The third kappa shape index (κ3) is 4.39. The van der Waals surface area contributed by atoms with E-state index in [0.717, 1.165) is 24.9 Å². The topological polar surface area (TPSA) is 12.0 Å². The summed E-state index contributed by atoms with van der Waals surface area (Å²) in [6.45, 7) is 3.05. The molecule has 1 aromatic carbocycles. The van der Waals surface area contributed by atoms with Gasteiger partial charge >= 0.3 is 0 Å². The Bertz CT molecular complexity index is 525. The van der Waals surface area contributed by atoms with Crippen molar-refractivity contribution in [2.75, 3.05) is 6.54 Å². The number of hydrogen-bond acceptors (Lipinski definition) is 2. The minimum atomic E-state index is -0.787. The third-order valence-corrected chi connectivity index (χ3v) is 4.08. The van der Waals surface area contributed by atoms with Crippen LogP contribution in [0.2, 0.25) is 0 Å². The van der Waals surface area contributed by atoms with Crippen molar-refractivity contribution in [2.45, 2.75) is 32.2 Å². The number of nitrogens with one attached hydrogen (secondary N) is 1. The zero-order valence-electron chi connectivity index (χ0n) is 11.5. The van der Waals surface area contributed by atoms with Gasteiger partial charge in [0.25, 0.3) is 0 Å². The molecule has 1 unspecified atom stereocenters. The number of hydrogen-bond donors (Lipinski definition) is 1. The van der Waals surface area contributed by atoms with Crippen LogP contribution in [-0.4, -0.2) is 12.6 Å². The van der Waals surface area contributed by atoms with E-state index in [1.807, 2.05) is 6.07 Å². The van der Waals surface area contributed by atoms with Crippen molar-refractivity contribution in [3.05, 3.63) is 57.8 Å². The fourth-order valence-corrected chi connectivity index (χ4v) is 2.97. The zero-order valence-corrected chi connectivity index (χ0v) is 12.4. The Labute approximate surface area is 122 Å². The van der Waals surface area contributed by atoms with E-state index in [0.29, 0.717) is 6.42 Å². The summed E-state index contributed by atoms with van der Waals surface area (Å²) in [5.74, 6) is -1.56. The van der Waals surface area contributed by atoms with Crippen LogP contribution in [0.4, 0.5) is 8.78 Å². The summed E-state index contributed by atoms with van der Waals surface area (Å²) in [5.41, 5.74) is 0.828. The van der Waals surface area contributed by atoms with Gasteiger partial charge in [0.1, 0.15) is 0 Å². The third-order valence-electron chi connectivity index (χ3n) is 3.18. The molecule has 1 heterocycles. The van der Waals surface area contributed by atoms with Crippen LogP contribution < -0.4 is 5.32 Å². The maximum atomic E-state index is 13.3. The van der Waals surface area contributed by atoms with Gasteiger partial charge in [0.15, 0.2) is 11.6 Å². The molecule has 2 aromatic rings. The predicted octanol–water partition coefficient (Wildman–Crippen LogP) is 4.18. The molecule has 20 heavy (non-hydrogen) atoms. The van der Waals surface area contributed by atoms with Crippen LogP contribution in [0.25, 0.3) is 0 Å². The second-order valence-corrected chi connectivity index (χ2v) is 5.92. The number of rotatable bonds is 7. The van der Waals surface area contributed by atoms with Crippen LogP contribution in [0.15, 0.2) is 35.7 Å². The summed E-state index contributed by atoms with van der Waals surface area (Å²) in [5, 5.41) is 5.54. The molecule has 2 rings (SSSR count). The first kappa shape index (κ1) is 15.1. The summed E-state index contributed by atoms with van der Waals surface area (Å²) in [6, 6.07) is 8.55. The van der Waals surface area contributed by atoms with Gasteiger partial charge in [-0.05, 0) is 54.9 Å². The molecule has 1 aromatic heterocycles. The summed E-state index contributed by atoms with van der Waals surface area (Å²) < 4.78 is 26.2. The Balaban J connectivity index is 2.04. The van der Waals surface area contributed by atoms with Crippen molar-refractivity contribution in [2.24, 2.45) is 0 Å². The van der Waals surface area contributed by atoms with E-state index in [1.54, 1.807) is 17.4 Å². The normalized spacial score (nSPS) is 12.6. The van der Waals surface area contributed by atoms with Gasteiger partial charge in [0.05, 0.1) is 0 Å². The largest absolute Gasteiger partial charge is 0.313 e. The molecule has 0 spiro atoms. The van der Waals surface area contributed by atoms with Crippen molar-refractivity contribution in [1.29, 1.82) is 0 Å². The van der Waals surface area contributed by atoms with Crippen LogP contribution in [0.3, 0.4) is 0 Å². The van der Waals surface area contributed by atoms with Crippen LogP contribution in [0.5, 0.6) is 0 Å². The molecule has 0 aliphatic carbocycles. The Morgan fingerprint density at radius 2 is 2.00 bits per heavy atom. The van der Waals surface area contributed by atoms with Gasteiger partial charge < -0.3 is 5.32 Å². The van der Waals surface area contributed by atoms with Gasteiger partial charge in [-0.25, -0.2) is 8.78 Å². The second-order valence-electron chi connectivity index (χ2n) is 4.89. The van der Waals surface area contributed by atoms with Gasteiger partial charge in [-0.3, -0.25) is 0 Å². The standard InChI is InChI=1S/C16H19F2NS/c1-2-7-19-13(11-14-4-3-8-20-14)9-12-5-6-15(17)16(18)10-12/h3-6,8,10,13,19H,2,7,9,11H2,1H3. The highest BCUT2D eigenvalue weighted by Gasteiger charge is 2.12. The van der Waals surface area contributed by atoms with Gasteiger partial charge in [0.2, 0.25) is 0 Å². The van der Waals surface area contributed by atoms with E-state index < -0.39 is 11.6 Å². The molecule has 1 atom stereocenters. The smallest absolute Gasteiger partial charge is 0.159 e. The fraction of sp³-hybridized carbons (Fsp3) is 0.375. The number of benzene rings is 1. The molecule has 0 aliphatic heterocycles. The van der Waals surface area contributed by atoms with Gasteiger partial charge in [-0.1, -0.05) is 19.1 Å². The molecule has 0 bridgehead atoms. The average molecular weight is 295 g/mol. The first-order valence-corrected chi connectivity index (χ1v) is 7.76. The highest BCUT2D eigenvalue weighted by atomic mass is 32.1. The number of halogens is 2.